The Kier molecular flexibility index (Phi) is 3.88. The van der Waals surface area contributed by atoms with Gasteiger partial charge in [-0.25, -0.2) is 0 Å². The maximum atomic E-state index is 12.4. The largest absolute Gasteiger partial charge is 0.508 e. The molecule has 0 aliphatic carbocycles. The lowest BCUT2D eigenvalue weighted by molar-refractivity contribution is -0.137. The molecule has 0 unspecified atom stereocenters. The third-order valence-corrected chi connectivity index (χ3v) is 3.02. The zero-order valence-corrected chi connectivity index (χ0v) is 11.0. The molecule has 0 fully saturated rings. The van der Waals surface area contributed by atoms with Crippen molar-refractivity contribution in [1.82, 2.24) is 0 Å². The number of carbonyl (C=O) groups excluding carboxylic acids is 1. The summed E-state index contributed by atoms with van der Waals surface area (Å²) < 4.78 is 37.3. The van der Waals surface area contributed by atoms with E-state index in [-0.39, 0.29) is 17.0 Å². The van der Waals surface area contributed by atoms with Crippen LogP contribution >= 0.6 is 0 Å². The van der Waals surface area contributed by atoms with Gasteiger partial charge in [-0.3, -0.25) is 4.79 Å². The molecule has 0 atom stereocenters. The molecule has 0 aromatic heterocycles. The molecular weight excluding hydrogens is 283 g/mol. The number of aromatic hydroxyl groups is 1. The van der Waals surface area contributed by atoms with E-state index >= 15 is 0 Å². The van der Waals surface area contributed by atoms with Crippen LogP contribution in [0.2, 0.25) is 0 Å². The van der Waals surface area contributed by atoms with Crippen LogP contribution in [0, 0.1) is 6.92 Å². The molecule has 2 rings (SSSR count). The average Bonchev–Trinajstić information content (AvgIpc) is 2.41. The van der Waals surface area contributed by atoms with E-state index in [4.69, 9.17) is 0 Å². The van der Waals surface area contributed by atoms with Gasteiger partial charge < -0.3 is 10.4 Å². The quantitative estimate of drug-likeness (QED) is 0.880. The highest BCUT2D eigenvalue weighted by Crippen LogP contribution is 2.30. The second-order valence-electron chi connectivity index (χ2n) is 4.48. The van der Waals surface area contributed by atoms with E-state index in [0.29, 0.717) is 5.56 Å². The number of rotatable bonds is 2. The molecule has 0 radical (unpaired) electrons. The highest BCUT2D eigenvalue weighted by atomic mass is 19.4. The van der Waals surface area contributed by atoms with Crippen LogP contribution < -0.4 is 5.32 Å². The smallest absolute Gasteiger partial charge is 0.416 e. The Balaban J connectivity index is 2.18. The predicted octanol–water partition coefficient (Wildman–Crippen LogP) is 3.97. The third kappa shape index (κ3) is 3.34. The molecule has 0 aliphatic rings. The second-order valence-corrected chi connectivity index (χ2v) is 4.48. The van der Waals surface area contributed by atoms with E-state index in [2.05, 4.69) is 5.32 Å². The van der Waals surface area contributed by atoms with Gasteiger partial charge in [-0.15, -0.1) is 0 Å². The first kappa shape index (κ1) is 14.9. The first-order chi connectivity index (χ1) is 9.79. The highest BCUT2D eigenvalue weighted by molar-refractivity contribution is 6.05. The minimum Gasteiger partial charge on any atom is -0.508 e. The summed E-state index contributed by atoms with van der Waals surface area (Å²) in [6.07, 6.45) is -4.41. The van der Waals surface area contributed by atoms with E-state index in [1.807, 2.05) is 0 Å². The number of phenolic OH excluding ortho intramolecular Hbond substituents is 1. The zero-order valence-electron chi connectivity index (χ0n) is 11.0. The summed E-state index contributed by atoms with van der Waals surface area (Å²) >= 11 is 0. The van der Waals surface area contributed by atoms with Crippen LogP contribution in [0.5, 0.6) is 5.75 Å². The van der Waals surface area contributed by atoms with Gasteiger partial charge in [-0.1, -0.05) is 6.07 Å². The molecule has 110 valence electrons. The van der Waals surface area contributed by atoms with E-state index in [9.17, 15) is 23.1 Å². The Morgan fingerprint density at radius 1 is 1.10 bits per heavy atom. The molecule has 2 aromatic rings. The van der Waals surface area contributed by atoms with Gasteiger partial charge in [0, 0.05) is 16.8 Å². The summed E-state index contributed by atoms with van der Waals surface area (Å²) in [6.45, 7) is 1.58. The summed E-state index contributed by atoms with van der Waals surface area (Å²) in [4.78, 5) is 12.0. The summed E-state index contributed by atoms with van der Waals surface area (Å²) in [5.41, 5.74) is 0.126. The summed E-state index contributed by atoms with van der Waals surface area (Å²) in [6, 6.07) is 8.64. The maximum Gasteiger partial charge on any atom is 0.416 e. The number of anilines is 1. The first-order valence-electron chi connectivity index (χ1n) is 6.06. The molecule has 0 aliphatic heterocycles. The van der Waals surface area contributed by atoms with Crippen molar-refractivity contribution in [3.05, 3.63) is 59.2 Å². The molecule has 2 aromatic carbocycles. The number of benzene rings is 2. The Hall–Kier alpha value is -2.50. The first-order valence-corrected chi connectivity index (χ1v) is 6.06. The standard InChI is InChI=1S/C15H12F3NO2/c1-9-12(3-2-4-13(9)20)14(21)19-11-7-5-10(6-8-11)15(16,17)18/h2-8,20H,1H3,(H,19,21). The van der Waals surface area contributed by atoms with Crippen molar-refractivity contribution in [3.8, 4) is 5.75 Å². The van der Waals surface area contributed by atoms with Crippen molar-refractivity contribution in [2.24, 2.45) is 0 Å². The lowest BCUT2D eigenvalue weighted by atomic mass is 10.1. The number of hydrogen-bond donors (Lipinski definition) is 2. The van der Waals surface area contributed by atoms with Gasteiger partial charge in [0.1, 0.15) is 5.75 Å². The van der Waals surface area contributed by atoms with Crippen LogP contribution in [0.4, 0.5) is 18.9 Å². The van der Waals surface area contributed by atoms with Crippen molar-refractivity contribution in [3.63, 3.8) is 0 Å². The highest BCUT2D eigenvalue weighted by Gasteiger charge is 2.30. The van der Waals surface area contributed by atoms with Crippen LogP contribution in [0.1, 0.15) is 21.5 Å². The molecule has 0 bridgehead atoms. The molecule has 0 spiro atoms. The number of halogens is 3. The predicted molar refractivity (Wildman–Crippen MR) is 72.2 cm³/mol. The van der Waals surface area contributed by atoms with Crippen LogP contribution in [-0.2, 0) is 6.18 Å². The Morgan fingerprint density at radius 3 is 2.29 bits per heavy atom. The number of alkyl halides is 3. The summed E-state index contributed by atoms with van der Waals surface area (Å²) in [5.74, 6) is -0.516. The van der Waals surface area contributed by atoms with E-state index in [1.165, 1.54) is 30.3 Å². The minimum absolute atomic E-state index is 0.0185. The minimum atomic E-state index is -4.41. The van der Waals surface area contributed by atoms with Gasteiger partial charge in [-0.2, -0.15) is 13.2 Å². The fraction of sp³-hybridized carbons (Fsp3) is 0.133. The lowest BCUT2D eigenvalue weighted by Gasteiger charge is -2.10. The van der Waals surface area contributed by atoms with Crippen molar-refractivity contribution < 1.29 is 23.1 Å². The molecule has 0 saturated heterocycles. The van der Waals surface area contributed by atoms with Gasteiger partial charge in [-0.05, 0) is 43.3 Å². The van der Waals surface area contributed by atoms with Crippen molar-refractivity contribution in [2.45, 2.75) is 13.1 Å². The molecule has 2 N–H and O–H groups in total. The molecule has 3 nitrogen and oxygen atoms in total. The number of amides is 1. The number of carbonyl (C=O) groups is 1. The molecular formula is C15H12F3NO2. The van der Waals surface area contributed by atoms with Crippen LogP contribution in [0.15, 0.2) is 42.5 Å². The Bertz CT molecular complexity index is 664. The van der Waals surface area contributed by atoms with E-state index in [0.717, 1.165) is 12.1 Å². The van der Waals surface area contributed by atoms with E-state index < -0.39 is 17.6 Å². The molecule has 1 amide bonds. The van der Waals surface area contributed by atoms with Gasteiger partial charge in [0.05, 0.1) is 5.56 Å². The maximum absolute atomic E-state index is 12.4. The summed E-state index contributed by atoms with van der Waals surface area (Å²) in [7, 11) is 0. The second kappa shape index (κ2) is 5.47. The van der Waals surface area contributed by atoms with Gasteiger partial charge in [0.25, 0.3) is 5.91 Å². The fourth-order valence-electron chi connectivity index (χ4n) is 1.81. The Morgan fingerprint density at radius 2 is 1.71 bits per heavy atom. The van der Waals surface area contributed by atoms with Crippen LogP contribution in [0.25, 0.3) is 0 Å². The number of nitrogens with one attached hydrogen (secondary N) is 1. The van der Waals surface area contributed by atoms with Gasteiger partial charge in [0.2, 0.25) is 0 Å². The van der Waals surface area contributed by atoms with Gasteiger partial charge in [0.15, 0.2) is 0 Å². The monoisotopic (exact) mass is 295 g/mol. The topological polar surface area (TPSA) is 49.3 Å². The van der Waals surface area contributed by atoms with E-state index in [1.54, 1.807) is 6.92 Å². The SMILES string of the molecule is Cc1c(O)cccc1C(=O)Nc1ccc(C(F)(F)F)cc1. The average molecular weight is 295 g/mol. The number of hydrogen-bond acceptors (Lipinski definition) is 2. The molecule has 6 heteroatoms. The van der Waals surface area contributed by atoms with Gasteiger partial charge >= 0.3 is 6.18 Å². The number of phenols is 1. The zero-order chi connectivity index (χ0) is 15.6. The normalized spacial score (nSPS) is 11.2. The molecule has 0 saturated carbocycles. The summed E-state index contributed by atoms with van der Waals surface area (Å²) in [5, 5.41) is 12.0. The fourth-order valence-corrected chi connectivity index (χ4v) is 1.81. The lowest BCUT2D eigenvalue weighted by Crippen LogP contribution is -2.13. The van der Waals surface area contributed by atoms with Crippen LogP contribution in [-0.4, -0.2) is 11.0 Å². The molecule has 0 heterocycles. The van der Waals surface area contributed by atoms with Crippen molar-refractivity contribution in [2.75, 3.05) is 5.32 Å². The van der Waals surface area contributed by atoms with Crippen molar-refractivity contribution >= 4 is 11.6 Å². The molecule has 21 heavy (non-hydrogen) atoms. The Labute approximate surface area is 119 Å². The van der Waals surface area contributed by atoms with Crippen molar-refractivity contribution in [1.29, 1.82) is 0 Å². The third-order valence-electron chi connectivity index (χ3n) is 3.02. The van der Waals surface area contributed by atoms with Crippen LogP contribution in [0.3, 0.4) is 0 Å².